The third-order valence-corrected chi connectivity index (χ3v) is 3.48. The molecule has 0 saturated heterocycles. The Bertz CT molecular complexity index is 985. The van der Waals surface area contributed by atoms with E-state index in [2.05, 4.69) is 38.1 Å². The maximum Gasteiger partial charge on any atom is 0.138 e. The molecule has 1 aromatic carbocycles. The summed E-state index contributed by atoms with van der Waals surface area (Å²) in [7, 11) is 0. The van der Waals surface area contributed by atoms with Crippen molar-refractivity contribution < 1.29 is 0 Å². The van der Waals surface area contributed by atoms with Crippen LogP contribution < -0.4 is 0 Å². The van der Waals surface area contributed by atoms with Crippen LogP contribution in [-0.2, 0) is 0 Å². The zero-order chi connectivity index (χ0) is 14.8. The van der Waals surface area contributed by atoms with Gasteiger partial charge in [-0.3, -0.25) is 5.10 Å². The average Bonchev–Trinajstić information content (AvgIpc) is 3.24. The molecule has 104 valence electrons. The first-order valence-corrected chi connectivity index (χ1v) is 6.94. The van der Waals surface area contributed by atoms with E-state index in [-0.39, 0.29) is 0 Å². The number of H-pyrrole nitrogens is 2. The Labute approximate surface area is 127 Å². The van der Waals surface area contributed by atoms with Gasteiger partial charge in [-0.25, -0.2) is 4.98 Å². The van der Waals surface area contributed by atoms with Crippen LogP contribution in [0.15, 0.2) is 61.1 Å². The fraction of sp³-hybridized carbons (Fsp3) is 0. The first-order chi connectivity index (χ1) is 10.9. The van der Waals surface area contributed by atoms with Crippen LogP contribution in [0.4, 0.5) is 0 Å². The number of hydrogen-bond donors (Lipinski definition) is 2. The molecule has 0 bridgehead atoms. The van der Waals surface area contributed by atoms with E-state index < -0.39 is 0 Å². The minimum atomic E-state index is 0.859. The number of pyridine rings is 1. The Kier molecular flexibility index (Phi) is 2.95. The fourth-order valence-electron chi connectivity index (χ4n) is 2.39. The molecule has 0 fully saturated rings. The van der Waals surface area contributed by atoms with Gasteiger partial charge in [-0.05, 0) is 30.3 Å². The molecule has 0 aliphatic heterocycles. The van der Waals surface area contributed by atoms with Gasteiger partial charge in [-0.15, -0.1) is 0 Å². The smallest absolute Gasteiger partial charge is 0.138 e. The molecular formula is C18H12N4. The quantitative estimate of drug-likeness (QED) is 0.527. The molecule has 0 saturated carbocycles. The lowest BCUT2D eigenvalue weighted by molar-refractivity contribution is 1.10. The second kappa shape index (κ2) is 5.23. The molecule has 22 heavy (non-hydrogen) atoms. The van der Waals surface area contributed by atoms with E-state index in [0.29, 0.717) is 0 Å². The van der Waals surface area contributed by atoms with Gasteiger partial charge in [0, 0.05) is 40.7 Å². The molecule has 3 heterocycles. The van der Waals surface area contributed by atoms with Crippen LogP contribution in [0, 0.1) is 11.8 Å². The minimum Gasteiger partial charge on any atom is -0.346 e. The molecule has 0 radical (unpaired) electrons. The molecule has 4 heteroatoms. The van der Waals surface area contributed by atoms with Crippen LogP contribution in [0.25, 0.3) is 22.3 Å². The highest BCUT2D eigenvalue weighted by Gasteiger charge is 2.00. The summed E-state index contributed by atoms with van der Waals surface area (Å²) in [6, 6.07) is 14.0. The van der Waals surface area contributed by atoms with Crippen molar-refractivity contribution in [3.05, 3.63) is 72.2 Å². The Hall–Kier alpha value is -3.32. The number of nitrogens with one attached hydrogen (secondary N) is 2. The third kappa shape index (κ3) is 2.25. The molecule has 0 atom stereocenters. The summed E-state index contributed by atoms with van der Waals surface area (Å²) in [6.07, 6.45) is 5.39. The molecule has 0 aliphatic carbocycles. The van der Waals surface area contributed by atoms with E-state index in [4.69, 9.17) is 0 Å². The molecule has 3 aromatic heterocycles. The number of rotatable bonds is 1. The van der Waals surface area contributed by atoms with Crippen LogP contribution in [0.3, 0.4) is 0 Å². The molecule has 0 amide bonds. The van der Waals surface area contributed by atoms with Crippen LogP contribution in [0.1, 0.15) is 11.1 Å². The Morgan fingerprint density at radius 1 is 0.955 bits per heavy atom. The van der Waals surface area contributed by atoms with E-state index in [1.54, 1.807) is 12.4 Å². The van der Waals surface area contributed by atoms with Gasteiger partial charge in [-0.2, -0.15) is 5.10 Å². The van der Waals surface area contributed by atoms with Gasteiger partial charge in [0.15, 0.2) is 0 Å². The summed E-state index contributed by atoms with van der Waals surface area (Å²) >= 11 is 0. The largest absolute Gasteiger partial charge is 0.346 e. The van der Waals surface area contributed by atoms with Crippen molar-refractivity contribution in [1.29, 1.82) is 0 Å². The highest BCUT2D eigenvalue weighted by atomic mass is 15.1. The van der Waals surface area contributed by atoms with Crippen LogP contribution in [-0.4, -0.2) is 20.2 Å². The number of benzene rings is 1. The third-order valence-electron chi connectivity index (χ3n) is 3.48. The molecule has 0 aliphatic rings. The van der Waals surface area contributed by atoms with Crippen molar-refractivity contribution in [1.82, 2.24) is 20.2 Å². The summed E-state index contributed by atoms with van der Waals surface area (Å²) in [5, 5.41) is 7.98. The van der Waals surface area contributed by atoms with Gasteiger partial charge in [0.25, 0.3) is 0 Å². The lowest BCUT2D eigenvalue weighted by atomic mass is 10.1. The number of aromatic amines is 2. The van der Waals surface area contributed by atoms with Crippen LogP contribution >= 0.6 is 0 Å². The lowest BCUT2D eigenvalue weighted by Crippen LogP contribution is -1.82. The van der Waals surface area contributed by atoms with Gasteiger partial charge in [-0.1, -0.05) is 24.0 Å². The summed E-state index contributed by atoms with van der Waals surface area (Å²) in [5.41, 5.74) is 4.86. The Morgan fingerprint density at radius 2 is 1.95 bits per heavy atom. The van der Waals surface area contributed by atoms with Crippen molar-refractivity contribution in [2.75, 3.05) is 0 Å². The zero-order valence-corrected chi connectivity index (χ0v) is 11.7. The molecule has 4 aromatic rings. The number of aromatic nitrogens is 4. The Morgan fingerprint density at radius 3 is 2.86 bits per heavy atom. The summed E-state index contributed by atoms with van der Waals surface area (Å²) in [5.74, 6) is 6.45. The summed E-state index contributed by atoms with van der Waals surface area (Å²) in [6.45, 7) is 0. The van der Waals surface area contributed by atoms with Gasteiger partial charge in [0.2, 0.25) is 0 Å². The maximum atomic E-state index is 4.27. The zero-order valence-electron chi connectivity index (χ0n) is 11.7. The normalized spacial score (nSPS) is 10.4. The average molecular weight is 284 g/mol. The van der Waals surface area contributed by atoms with E-state index in [1.807, 2.05) is 42.6 Å². The second-order valence-corrected chi connectivity index (χ2v) is 4.90. The maximum absolute atomic E-state index is 4.27. The highest BCUT2D eigenvalue weighted by Crippen LogP contribution is 2.18. The predicted octanol–water partition coefficient (Wildman–Crippen LogP) is 3.35. The van der Waals surface area contributed by atoms with Gasteiger partial charge in [0.1, 0.15) is 5.65 Å². The topological polar surface area (TPSA) is 57.4 Å². The van der Waals surface area contributed by atoms with Crippen LogP contribution in [0.2, 0.25) is 0 Å². The molecular weight excluding hydrogens is 272 g/mol. The summed E-state index contributed by atoms with van der Waals surface area (Å²) < 4.78 is 0. The summed E-state index contributed by atoms with van der Waals surface area (Å²) in [4.78, 5) is 7.37. The molecule has 2 N–H and O–H groups in total. The van der Waals surface area contributed by atoms with Gasteiger partial charge >= 0.3 is 0 Å². The van der Waals surface area contributed by atoms with Crippen molar-refractivity contribution in [2.45, 2.75) is 0 Å². The number of hydrogen-bond acceptors (Lipinski definition) is 2. The minimum absolute atomic E-state index is 0.859. The molecule has 4 rings (SSSR count). The van der Waals surface area contributed by atoms with Crippen molar-refractivity contribution >= 4 is 11.0 Å². The van der Waals surface area contributed by atoms with E-state index in [9.17, 15) is 0 Å². The van der Waals surface area contributed by atoms with E-state index in [1.165, 1.54) is 0 Å². The monoisotopic (exact) mass is 284 g/mol. The standard InChI is InChI=1S/C18H12N4/c1-2-13(12-15(3-1)17-8-11-21-22-17)4-5-14-6-9-19-18-16(14)7-10-20-18/h1-3,6-12H,(H,19,20)(H,21,22). The Balaban J connectivity index is 1.73. The van der Waals surface area contributed by atoms with Crippen LogP contribution in [0.5, 0.6) is 0 Å². The lowest BCUT2D eigenvalue weighted by Gasteiger charge is -1.98. The van der Waals surface area contributed by atoms with E-state index in [0.717, 1.165) is 33.4 Å². The highest BCUT2D eigenvalue weighted by molar-refractivity contribution is 5.82. The fourth-order valence-corrected chi connectivity index (χ4v) is 2.39. The van der Waals surface area contributed by atoms with Crippen molar-refractivity contribution in [2.24, 2.45) is 0 Å². The SMILES string of the molecule is C(#Cc1ccnc2[nH]ccc12)c1cccc(-c2ccn[nH]2)c1. The van der Waals surface area contributed by atoms with E-state index >= 15 is 0 Å². The predicted molar refractivity (Wildman–Crippen MR) is 86.1 cm³/mol. The molecule has 0 unspecified atom stereocenters. The van der Waals surface area contributed by atoms with Crippen molar-refractivity contribution in [3.8, 4) is 23.1 Å². The van der Waals surface area contributed by atoms with Gasteiger partial charge < -0.3 is 4.98 Å². The van der Waals surface area contributed by atoms with Gasteiger partial charge in [0.05, 0.1) is 5.69 Å². The number of fused-ring (bicyclic) bond motifs is 1. The van der Waals surface area contributed by atoms with Crippen molar-refractivity contribution in [3.63, 3.8) is 0 Å². The molecule has 0 spiro atoms. The second-order valence-electron chi connectivity index (χ2n) is 4.90. The molecule has 4 nitrogen and oxygen atoms in total. The first-order valence-electron chi connectivity index (χ1n) is 6.94. The number of nitrogens with zero attached hydrogens (tertiary/aromatic N) is 2. The first kappa shape index (κ1) is 12.4.